The van der Waals surface area contributed by atoms with Crippen molar-refractivity contribution in [1.29, 1.82) is 10.7 Å². The van der Waals surface area contributed by atoms with Crippen LogP contribution in [-0.2, 0) is 6.42 Å². The lowest BCUT2D eigenvalue weighted by Gasteiger charge is -2.37. The summed E-state index contributed by atoms with van der Waals surface area (Å²) in [5, 5.41) is 17.2. The molecule has 5 heteroatoms. The van der Waals surface area contributed by atoms with Crippen molar-refractivity contribution in [2.24, 2.45) is 11.7 Å². The van der Waals surface area contributed by atoms with Crippen LogP contribution in [0.4, 0.5) is 5.69 Å². The normalized spacial score (nSPS) is 25.1. The Balaban J connectivity index is 2.00. The molecule has 0 fully saturated rings. The molecule has 1 aliphatic carbocycles. The molecule has 3 rings (SSSR count). The van der Waals surface area contributed by atoms with Crippen LogP contribution < -0.4 is 16.2 Å². The van der Waals surface area contributed by atoms with Gasteiger partial charge in [0.15, 0.2) is 0 Å². The van der Waals surface area contributed by atoms with E-state index in [-0.39, 0.29) is 17.7 Å². The highest BCUT2D eigenvalue weighted by molar-refractivity contribution is 6.05. The highest BCUT2D eigenvalue weighted by Crippen LogP contribution is 2.38. The third-order valence-corrected chi connectivity index (χ3v) is 3.75. The van der Waals surface area contributed by atoms with E-state index in [1.807, 2.05) is 18.2 Å². The van der Waals surface area contributed by atoms with Gasteiger partial charge >= 0.3 is 0 Å². The van der Waals surface area contributed by atoms with Crippen molar-refractivity contribution < 1.29 is 4.74 Å². The van der Waals surface area contributed by atoms with E-state index in [1.54, 1.807) is 6.07 Å². The van der Waals surface area contributed by atoms with E-state index >= 15 is 0 Å². The summed E-state index contributed by atoms with van der Waals surface area (Å²) in [5.74, 6) is 0.688. The molecule has 19 heavy (non-hydrogen) atoms. The molecule has 2 aliphatic rings. The zero-order valence-electron chi connectivity index (χ0n) is 10.3. The monoisotopic (exact) mass is 254 g/mol. The number of hydrogen-bond donors (Lipinski definition) is 3. The number of nitrogens with zero attached hydrogens (tertiary/aromatic N) is 1. The van der Waals surface area contributed by atoms with Crippen LogP contribution in [-0.4, -0.2) is 11.8 Å². The van der Waals surface area contributed by atoms with Crippen molar-refractivity contribution >= 4 is 11.4 Å². The molecule has 1 aromatic carbocycles. The first-order valence-corrected chi connectivity index (χ1v) is 6.12. The van der Waals surface area contributed by atoms with Crippen LogP contribution in [0.5, 0.6) is 5.75 Å². The summed E-state index contributed by atoms with van der Waals surface area (Å²) in [5.41, 5.74) is 14.3. The van der Waals surface area contributed by atoms with Crippen LogP contribution in [0.3, 0.4) is 0 Å². The van der Waals surface area contributed by atoms with E-state index in [1.165, 1.54) is 0 Å². The average Bonchev–Trinajstić information content (AvgIpc) is 2.38. The molecule has 0 amide bonds. The third kappa shape index (κ3) is 1.73. The third-order valence-electron chi connectivity index (χ3n) is 3.75. The maximum absolute atomic E-state index is 9.07. The van der Waals surface area contributed by atoms with Gasteiger partial charge in [0.25, 0.3) is 0 Å². The molecule has 1 aromatic rings. The van der Waals surface area contributed by atoms with E-state index in [9.17, 15) is 0 Å². The predicted octanol–water partition coefficient (Wildman–Crippen LogP) is 1.35. The predicted molar refractivity (Wildman–Crippen MR) is 71.6 cm³/mol. The molecule has 0 bridgehead atoms. The standard InChI is InChI=1S/C14H14N4O/c15-6-10-11(17)5-13-9(14(10)18)4-7-3-8(16)1-2-12(7)19-13/h1-3,9,13,18H,4-5,16-17H2. The Morgan fingerprint density at radius 2 is 2.11 bits per heavy atom. The Morgan fingerprint density at radius 3 is 2.84 bits per heavy atom. The molecule has 0 aromatic heterocycles. The van der Waals surface area contributed by atoms with Gasteiger partial charge in [0.05, 0.1) is 11.3 Å². The van der Waals surface area contributed by atoms with Gasteiger partial charge in [0, 0.05) is 23.7 Å². The molecule has 5 nitrogen and oxygen atoms in total. The van der Waals surface area contributed by atoms with Gasteiger partial charge in [-0.25, -0.2) is 0 Å². The second-order valence-corrected chi connectivity index (χ2v) is 4.96. The minimum atomic E-state index is -0.152. The lowest BCUT2D eigenvalue weighted by atomic mass is 9.78. The highest BCUT2D eigenvalue weighted by atomic mass is 16.5. The van der Waals surface area contributed by atoms with E-state index < -0.39 is 0 Å². The fourth-order valence-corrected chi connectivity index (χ4v) is 2.77. The number of anilines is 1. The number of ether oxygens (including phenoxy) is 1. The summed E-state index contributed by atoms with van der Waals surface area (Å²) < 4.78 is 5.90. The summed E-state index contributed by atoms with van der Waals surface area (Å²) >= 11 is 0. The first kappa shape index (κ1) is 11.6. The molecule has 0 saturated heterocycles. The summed E-state index contributed by atoms with van der Waals surface area (Å²) in [6.45, 7) is 0. The van der Waals surface area contributed by atoms with Crippen molar-refractivity contribution in [2.45, 2.75) is 18.9 Å². The first-order valence-electron chi connectivity index (χ1n) is 6.12. The lowest BCUT2D eigenvalue weighted by Crippen LogP contribution is -2.43. The van der Waals surface area contributed by atoms with Gasteiger partial charge in [-0.2, -0.15) is 5.26 Å². The number of rotatable bonds is 0. The van der Waals surface area contributed by atoms with Crippen LogP contribution in [0.15, 0.2) is 29.5 Å². The zero-order valence-corrected chi connectivity index (χ0v) is 10.3. The maximum atomic E-state index is 9.07. The molecule has 5 N–H and O–H groups in total. The molecule has 2 atom stereocenters. The van der Waals surface area contributed by atoms with Gasteiger partial charge in [-0.1, -0.05) is 0 Å². The van der Waals surface area contributed by atoms with Crippen LogP contribution in [0.25, 0.3) is 0 Å². The van der Waals surface area contributed by atoms with Gasteiger partial charge < -0.3 is 21.6 Å². The minimum Gasteiger partial charge on any atom is -0.489 e. The van der Waals surface area contributed by atoms with E-state index in [0.29, 0.717) is 29.8 Å². The first-order chi connectivity index (χ1) is 9.10. The number of fused-ring (bicyclic) bond motifs is 2. The topological polar surface area (TPSA) is 109 Å². The fourth-order valence-electron chi connectivity index (χ4n) is 2.77. The molecular weight excluding hydrogens is 240 g/mol. The van der Waals surface area contributed by atoms with Crippen molar-refractivity contribution in [3.63, 3.8) is 0 Å². The minimum absolute atomic E-state index is 0.115. The molecule has 0 radical (unpaired) electrons. The van der Waals surface area contributed by atoms with Gasteiger partial charge in [0.1, 0.15) is 17.9 Å². The average molecular weight is 254 g/mol. The number of benzene rings is 1. The Morgan fingerprint density at radius 1 is 1.32 bits per heavy atom. The molecule has 0 spiro atoms. The molecule has 0 saturated carbocycles. The van der Waals surface area contributed by atoms with Crippen LogP contribution in [0, 0.1) is 22.7 Å². The van der Waals surface area contributed by atoms with Gasteiger partial charge in [-0.3, -0.25) is 0 Å². The number of nitrogen functional groups attached to an aromatic ring is 1. The zero-order chi connectivity index (χ0) is 13.6. The van der Waals surface area contributed by atoms with E-state index in [4.69, 9.17) is 26.9 Å². The second kappa shape index (κ2) is 4.02. The van der Waals surface area contributed by atoms with Crippen LogP contribution in [0.2, 0.25) is 0 Å². The number of nitrogens with one attached hydrogen (secondary N) is 1. The molecule has 1 aliphatic heterocycles. The Bertz CT molecular complexity index is 641. The van der Waals surface area contributed by atoms with Crippen LogP contribution in [0.1, 0.15) is 12.0 Å². The molecular formula is C14H14N4O. The molecule has 96 valence electrons. The SMILES string of the molecule is N#CC1=C(N)CC2Oc3ccc(N)cc3CC2C1=N. The summed E-state index contributed by atoms with van der Waals surface area (Å²) in [6.07, 6.45) is 1.02. The summed E-state index contributed by atoms with van der Waals surface area (Å²) in [4.78, 5) is 0. The van der Waals surface area contributed by atoms with Crippen molar-refractivity contribution in [3.8, 4) is 11.8 Å². The molecule has 1 heterocycles. The Hall–Kier alpha value is -2.48. The number of hydrogen-bond acceptors (Lipinski definition) is 5. The number of allylic oxidation sites excluding steroid dienone is 1. The van der Waals surface area contributed by atoms with Gasteiger partial charge in [0.2, 0.25) is 0 Å². The summed E-state index contributed by atoms with van der Waals surface area (Å²) in [7, 11) is 0. The van der Waals surface area contributed by atoms with Crippen molar-refractivity contribution in [2.75, 3.05) is 5.73 Å². The Kier molecular flexibility index (Phi) is 2.46. The van der Waals surface area contributed by atoms with Crippen molar-refractivity contribution in [1.82, 2.24) is 0 Å². The highest BCUT2D eigenvalue weighted by Gasteiger charge is 2.39. The molecule has 2 unspecified atom stereocenters. The number of nitriles is 1. The van der Waals surface area contributed by atoms with E-state index in [2.05, 4.69) is 0 Å². The van der Waals surface area contributed by atoms with Gasteiger partial charge in [-0.15, -0.1) is 0 Å². The smallest absolute Gasteiger partial charge is 0.123 e. The lowest BCUT2D eigenvalue weighted by molar-refractivity contribution is 0.141. The fraction of sp³-hybridized carbons (Fsp3) is 0.286. The quantitative estimate of drug-likeness (QED) is 0.607. The van der Waals surface area contributed by atoms with Crippen molar-refractivity contribution in [3.05, 3.63) is 35.0 Å². The maximum Gasteiger partial charge on any atom is 0.123 e. The number of nitrogens with two attached hydrogens (primary N) is 2. The second-order valence-electron chi connectivity index (χ2n) is 4.96. The Labute approximate surface area is 111 Å². The van der Waals surface area contributed by atoms with Crippen LogP contribution >= 0.6 is 0 Å². The summed E-state index contributed by atoms with van der Waals surface area (Å²) in [6, 6.07) is 7.54. The largest absolute Gasteiger partial charge is 0.489 e. The van der Waals surface area contributed by atoms with E-state index in [0.717, 1.165) is 11.3 Å². The van der Waals surface area contributed by atoms with Gasteiger partial charge in [-0.05, 0) is 30.2 Å².